The van der Waals surface area contributed by atoms with E-state index in [9.17, 15) is 4.79 Å². The molecule has 0 fully saturated rings. The van der Waals surface area contributed by atoms with E-state index in [2.05, 4.69) is 9.98 Å². The number of aliphatic imine (C=N–C) groups is 1. The van der Waals surface area contributed by atoms with Crippen LogP contribution in [0.1, 0.15) is 15.9 Å². The van der Waals surface area contributed by atoms with E-state index >= 15 is 0 Å². The lowest BCUT2D eigenvalue weighted by atomic mass is 10.2. The number of rotatable bonds is 3. The number of aromatic carboxylic acids is 1. The Hall–Kier alpha value is -2.49. The second kappa shape index (κ2) is 5.03. The van der Waals surface area contributed by atoms with Gasteiger partial charge in [-0.25, -0.2) is 4.79 Å². The molecule has 0 aliphatic carbocycles. The predicted molar refractivity (Wildman–Crippen MR) is 64.9 cm³/mol. The quantitative estimate of drug-likeness (QED) is 0.818. The molecule has 2 aromatic rings. The highest BCUT2D eigenvalue weighted by molar-refractivity contribution is 5.95. The average molecular weight is 226 g/mol. The first-order valence-corrected chi connectivity index (χ1v) is 5.04. The number of para-hydroxylation sites is 1. The Morgan fingerprint density at radius 2 is 2.06 bits per heavy atom. The standard InChI is InChI=1S/C13H10N2O2/c16-13(17)11-5-1-2-6-12(11)15-9-10-4-3-7-14-8-10/h1-9H,(H,16,17). The molecule has 0 atom stereocenters. The lowest BCUT2D eigenvalue weighted by Crippen LogP contribution is -1.96. The van der Waals surface area contributed by atoms with Crippen LogP contribution in [0.25, 0.3) is 0 Å². The number of hydrogen-bond donors (Lipinski definition) is 1. The van der Waals surface area contributed by atoms with Crippen LogP contribution in [0.2, 0.25) is 0 Å². The second-order valence-electron chi connectivity index (χ2n) is 3.37. The van der Waals surface area contributed by atoms with E-state index in [4.69, 9.17) is 5.11 Å². The monoisotopic (exact) mass is 226 g/mol. The largest absolute Gasteiger partial charge is 0.478 e. The van der Waals surface area contributed by atoms with Crippen molar-refractivity contribution < 1.29 is 9.90 Å². The van der Waals surface area contributed by atoms with Gasteiger partial charge in [0.15, 0.2) is 0 Å². The third-order valence-corrected chi connectivity index (χ3v) is 2.17. The van der Waals surface area contributed by atoms with Gasteiger partial charge in [-0.1, -0.05) is 18.2 Å². The second-order valence-corrected chi connectivity index (χ2v) is 3.37. The Balaban J connectivity index is 2.30. The van der Waals surface area contributed by atoms with Crippen LogP contribution in [0, 0.1) is 0 Å². The zero-order chi connectivity index (χ0) is 12.1. The van der Waals surface area contributed by atoms with Gasteiger partial charge in [-0.3, -0.25) is 9.98 Å². The van der Waals surface area contributed by atoms with Crippen molar-refractivity contribution in [3.8, 4) is 0 Å². The van der Waals surface area contributed by atoms with Crippen molar-refractivity contribution in [1.29, 1.82) is 0 Å². The first kappa shape index (κ1) is 11.0. The van der Waals surface area contributed by atoms with Crippen molar-refractivity contribution in [2.75, 3.05) is 0 Å². The third kappa shape index (κ3) is 2.75. The van der Waals surface area contributed by atoms with E-state index in [-0.39, 0.29) is 5.56 Å². The van der Waals surface area contributed by atoms with Gasteiger partial charge < -0.3 is 5.11 Å². The molecule has 0 aliphatic heterocycles. The Labute approximate surface area is 98.3 Å². The number of hydrogen-bond acceptors (Lipinski definition) is 3. The molecule has 2 rings (SSSR count). The highest BCUT2D eigenvalue weighted by Gasteiger charge is 2.06. The van der Waals surface area contributed by atoms with Crippen LogP contribution >= 0.6 is 0 Å². The molecule has 17 heavy (non-hydrogen) atoms. The molecule has 0 bridgehead atoms. The Bertz CT molecular complexity index is 550. The van der Waals surface area contributed by atoms with Gasteiger partial charge in [-0.15, -0.1) is 0 Å². The first-order chi connectivity index (χ1) is 8.27. The minimum atomic E-state index is -0.982. The summed E-state index contributed by atoms with van der Waals surface area (Å²) in [6.45, 7) is 0. The molecular formula is C13H10N2O2. The van der Waals surface area contributed by atoms with Crippen molar-refractivity contribution in [3.05, 3.63) is 59.9 Å². The molecule has 0 saturated carbocycles. The molecule has 1 aromatic carbocycles. The topological polar surface area (TPSA) is 62.5 Å². The number of carbonyl (C=O) groups is 1. The Morgan fingerprint density at radius 1 is 1.24 bits per heavy atom. The molecule has 0 amide bonds. The highest BCUT2D eigenvalue weighted by Crippen LogP contribution is 2.18. The fourth-order valence-corrected chi connectivity index (χ4v) is 1.36. The number of carboxylic acids is 1. The maximum atomic E-state index is 10.9. The molecule has 1 heterocycles. The number of nitrogens with zero attached hydrogens (tertiary/aromatic N) is 2. The molecule has 0 aliphatic rings. The van der Waals surface area contributed by atoms with Crippen LogP contribution in [0.3, 0.4) is 0 Å². The third-order valence-electron chi connectivity index (χ3n) is 2.17. The van der Waals surface area contributed by atoms with Crippen molar-refractivity contribution in [1.82, 2.24) is 4.98 Å². The number of pyridine rings is 1. The molecule has 0 saturated heterocycles. The van der Waals surface area contributed by atoms with Crippen molar-refractivity contribution in [3.63, 3.8) is 0 Å². The van der Waals surface area contributed by atoms with Crippen LogP contribution in [0.15, 0.2) is 53.8 Å². The SMILES string of the molecule is O=C(O)c1ccccc1N=Cc1cccnc1. The zero-order valence-electron chi connectivity index (χ0n) is 8.95. The summed E-state index contributed by atoms with van der Waals surface area (Å²) in [5.41, 5.74) is 1.45. The molecule has 0 radical (unpaired) electrons. The van der Waals surface area contributed by atoms with Gasteiger partial charge in [-0.05, 0) is 18.2 Å². The van der Waals surface area contributed by atoms with Crippen LogP contribution < -0.4 is 0 Å². The van der Waals surface area contributed by atoms with Gasteiger partial charge in [-0.2, -0.15) is 0 Å². The van der Waals surface area contributed by atoms with Gasteiger partial charge in [0.1, 0.15) is 0 Å². The maximum absolute atomic E-state index is 10.9. The highest BCUT2D eigenvalue weighted by atomic mass is 16.4. The summed E-state index contributed by atoms with van der Waals surface area (Å²) in [5, 5.41) is 8.98. The summed E-state index contributed by atoms with van der Waals surface area (Å²) in [7, 11) is 0. The average Bonchev–Trinajstić information content (AvgIpc) is 2.38. The van der Waals surface area contributed by atoms with E-state index in [1.165, 1.54) is 6.07 Å². The Kier molecular flexibility index (Phi) is 3.25. The van der Waals surface area contributed by atoms with Gasteiger partial charge in [0, 0.05) is 24.2 Å². The minimum absolute atomic E-state index is 0.188. The smallest absolute Gasteiger partial charge is 0.337 e. The normalized spacial score (nSPS) is 10.6. The zero-order valence-corrected chi connectivity index (χ0v) is 8.95. The molecule has 4 heteroatoms. The van der Waals surface area contributed by atoms with E-state index < -0.39 is 5.97 Å². The van der Waals surface area contributed by atoms with E-state index in [0.717, 1.165) is 5.56 Å². The first-order valence-electron chi connectivity index (χ1n) is 5.04. The summed E-state index contributed by atoms with van der Waals surface area (Å²) in [6, 6.07) is 10.3. The van der Waals surface area contributed by atoms with Crippen LogP contribution in [0.5, 0.6) is 0 Å². The van der Waals surface area contributed by atoms with Crippen molar-refractivity contribution in [2.45, 2.75) is 0 Å². The Morgan fingerprint density at radius 3 is 2.76 bits per heavy atom. The lowest BCUT2D eigenvalue weighted by Gasteiger charge is -1.99. The molecular weight excluding hydrogens is 216 g/mol. The van der Waals surface area contributed by atoms with Crippen molar-refractivity contribution >= 4 is 17.9 Å². The van der Waals surface area contributed by atoms with Gasteiger partial charge >= 0.3 is 5.97 Å². The van der Waals surface area contributed by atoms with E-state index in [1.807, 2.05) is 6.07 Å². The predicted octanol–water partition coefficient (Wildman–Crippen LogP) is 2.53. The van der Waals surface area contributed by atoms with Crippen LogP contribution in [-0.4, -0.2) is 22.3 Å². The fraction of sp³-hybridized carbons (Fsp3) is 0. The summed E-state index contributed by atoms with van der Waals surface area (Å²) in [6.07, 6.45) is 4.92. The van der Waals surface area contributed by atoms with Gasteiger partial charge in [0.25, 0.3) is 0 Å². The van der Waals surface area contributed by atoms with Gasteiger partial charge in [0.2, 0.25) is 0 Å². The number of carboxylic acid groups (broad SMARTS) is 1. The number of benzene rings is 1. The van der Waals surface area contributed by atoms with Crippen LogP contribution in [0.4, 0.5) is 5.69 Å². The van der Waals surface area contributed by atoms with Crippen LogP contribution in [-0.2, 0) is 0 Å². The molecule has 1 aromatic heterocycles. The van der Waals surface area contributed by atoms with E-state index in [0.29, 0.717) is 5.69 Å². The minimum Gasteiger partial charge on any atom is -0.478 e. The number of aromatic nitrogens is 1. The summed E-state index contributed by atoms with van der Waals surface area (Å²) >= 11 is 0. The summed E-state index contributed by atoms with van der Waals surface area (Å²) < 4.78 is 0. The molecule has 1 N–H and O–H groups in total. The van der Waals surface area contributed by atoms with Gasteiger partial charge in [0.05, 0.1) is 11.3 Å². The summed E-state index contributed by atoms with van der Waals surface area (Å²) in [5.74, 6) is -0.982. The van der Waals surface area contributed by atoms with Crippen molar-refractivity contribution in [2.24, 2.45) is 4.99 Å². The summed E-state index contributed by atoms with van der Waals surface area (Å²) in [4.78, 5) is 19.0. The molecule has 84 valence electrons. The molecule has 0 spiro atoms. The van der Waals surface area contributed by atoms with E-state index in [1.54, 1.807) is 42.9 Å². The molecule has 0 unspecified atom stereocenters. The molecule has 4 nitrogen and oxygen atoms in total. The fourth-order valence-electron chi connectivity index (χ4n) is 1.36. The lowest BCUT2D eigenvalue weighted by molar-refractivity contribution is 0.0698. The maximum Gasteiger partial charge on any atom is 0.337 e.